The fourth-order valence-corrected chi connectivity index (χ4v) is 9.70. The van der Waals surface area contributed by atoms with E-state index >= 15 is 0 Å². The van der Waals surface area contributed by atoms with Gasteiger partial charge in [-0.05, 0) is 91.7 Å². The summed E-state index contributed by atoms with van der Waals surface area (Å²) < 4.78 is 11.5. The summed E-state index contributed by atoms with van der Waals surface area (Å²) in [6.07, 6.45) is -2.02. The van der Waals surface area contributed by atoms with Crippen molar-refractivity contribution in [2.24, 2.45) is 35.5 Å². The van der Waals surface area contributed by atoms with Crippen molar-refractivity contribution in [2.45, 2.75) is 182 Å². The van der Waals surface area contributed by atoms with Crippen LogP contribution in [0.25, 0.3) is 0 Å². The van der Waals surface area contributed by atoms with Crippen LogP contribution in [-0.4, -0.2) is 149 Å². The van der Waals surface area contributed by atoms with Crippen molar-refractivity contribution in [2.75, 3.05) is 27.7 Å². The molecule has 71 heavy (non-hydrogen) atoms. The second-order valence-corrected chi connectivity index (χ2v) is 21.5. The Hall–Kier alpha value is -4.81. The number of methoxy groups -OCH3 is 1. The van der Waals surface area contributed by atoms with Crippen molar-refractivity contribution >= 4 is 59.0 Å². The average molecular weight is 1020 g/mol. The number of ether oxygens (including phenoxy) is 2. The molecule has 18 nitrogen and oxygen atoms in total. The van der Waals surface area contributed by atoms with Gasteiger partial charge in [-0.15, -0.1) is 0 Å². The number of hydrogen-bond donors (Lipinski definition) is 5. The van der Waals surface area contributed by atoms with Gasteiger partial charge in [-0.3, -0.25) is 33.6 Å². The summed E-state index contributed by atoms with van der Waals surface area (Å²) in [5.74, 6) is -6.49. The molecule has 2 fully saturated rings. The van der Waals surface area contributed by atoms with Crippen molar-refractivity contribution < 1.29 is 52.9 Å². The maximum Gasteiger partial charge on any atom is 0.329 e. The highest BCUT2D eigenvalue weighted by Crippen LogP contribution is 2.27. The van der Waals surface area contributed by atoms with Crippen LogP contribution in [0.1, 0.15) is 127 Å². The van der Waals surface area contributed by atoms with E-state index in [0.29, 0.717) is 24.2 Å². The maximum atomic E-state index is 14.8. The molecule has 2 heterocycles. The summed E-state index contributed by atoms with van der Waals surface area (Å²) in [5, 5.41) is 20.4. The number of rotatable bonds is 16. The summed E-state index contributed by atoms with van der Waals surface area (Å²) in [6, 6.07) is -1.16. The Labute approximate surface area is 426 Å². The number of Topliss-reactive ketones (excluding diaryl/α,β-unsaturated/α-hetero) is 1. The number of ketones is 1. The van der Waals surface area contributed by atoms with Gasteiger partial charge in [-0.1, -0.05) is 87.8 Å². The van der Waals surface area contributed by atoms with Crippen LogP contribution in [0.5, 0.6) is 5.75 Å². The van der Waals surface area contributed by atoms with E-state index in [0.717, 1.165) is 0 Å². The van der Waals surface area contributed by atoms with Crippen LogP contribution in [0, 0.1) is 35.5 Å². The molecule has 0 bridgehead atoms. The van der Waals surface area contributed by atoms with Gasteiger partial charge < -0.3 is 45.2 Å². The van der Waals surface area contributed by atoms with E-state index in [1.165, 1.54) is 42.8 Å². The zero-order chi connectivity index (χ0) is 53.6. The number of hydrogen-bond acceptors (Lipinski definition) is 12. The smallest absolute Gasteiger partial charge is 0.329 e. The molecule has 19 heteroatoms. The third-order valence-corrected chi connectivity index (χ3v) is 14.3. The van der Waals surface area contributed by atoms with Gasteiger partial charge in [-0.2, -0.15) is 0 Å². The fourth-order valence-electron chi connectivity index (χ4n) is 9.35. The van der Waals surface area contributed by atoms with Crippen molar-refractivity contribution in [3.05, 3.63) is 29.8 Å². The lowest BCUT2D eigenvalue weighted by atomic mass is 9.85. The topological polar surface area (TPSA) is 233 Å². The maximum absolute atomic E-state index is 14.8. The molecule has 5 N–H and O–H groups in total. The summed E-state index contributed by atoms with van der Waals surface area (Å²) in [5.41, 5.74) is 0.627. The normalized spacial score (nSPS) is 26.1. The Morgan fingerprint density at radius 1 is 0.930 bits per heavy atom. The lowest BCUT2D eigenvalue weighted by Gasteiger charge is -2.36. The van der Waals surface area contributed by atoms with E-state index in [4.69, 9.17) is 21.3 Å². The van der Waals surface area contributed by atoms with Crippen molar-refractivity contribution in [3.8, 4) is 5.75 Å². The predicted octanol–water partition coefficient (Wildman–Crippen LogP) is 4.17. The largest absolute Gasteiger partial charge is 0.497 e. The molecule has 0 radical (unpaired) electrons. The summed E-state index contributed by atoms with van der Waals surface area (Å²) in [7, 11) is 4.43. The number of carbonyl (C=O) groups excluding carboxylic acids is 8. The molecular weight excluding hydrogens is 934 g/mol. The predicted molar refractivity (Wildman–Crippen MR) is 270 cm³/mol. The summed E-state index contributed by atoms with van der Waals surface area (Å²) in [6.45, 7) is 20.0. The number of nitrogens with one attached hydrogen (secondary N) is 4. The van der Waals surface area contributed by atoms with Gasteiger partial charge in [0.1, 0.15) is 53.9 Å². The molecule has 1 unspecified atom stereocenters. The van der Waals surface area contributed by atoms with Crippen molar-refractivity contribution in [1.82, 2.24) is 35.5 Å². The average Bonchev–Trinajstić information content (AvgIpc) is 3.80. The van der Waals surface area contributed by atoms with Gasteiger partial charge in [0.05, 0.1) is 19.3 Å². The third kappa shape index (κ3) is 16.6. The molecule has 2 aliphatic rings. The van der Waals surface area contributed by atoms with Crippen LogP contribution >= 0.6 is 11.8 Å². The number of likely N-dealkylation sites (N-methyl/N-ethyl adjacent to an activating group) is 2. The molecule has 0 spiro atoms. The minimum atomic E-state index is -1.64. The molecule has 6 amide bonds. The van der Waals surface area contributed by atoms with Gasteiger partial charge in [0.2, 0.25) is 35.4 Å². The number of aliphatic hydroxyl groups excluding tert-OH is 1. The van der Waals surface area contributed by atoms with Crippen LogP contribution < -0.4 is 25.5 Å². The van der Waals surface area contributed by atoms with E-state index in [-0.39, 0.29) is 62.3 Å². The van der Waals surface area contributed by atoms with Crippen LogP contribution in [0.2, 0.25) is 0 Å². The number of nitrogens with zero attached hydrogens (tertiary/aromatic N) is 3. The molecule has 1 aromatic carbocycles. The Kier molecular flexibility index (Phi) is 23.7. The number of halogens is 1. The first-order chi connectivity index (χ1) is 33.3. The fraction of sp³-hybridized carbons (Fsp3) is 0.731. The number of esters is 1. The van der Waals surface area contributed by atoms with E-state index in [9.17, 15) is 43.5 Å². The molecule has 2 saturated heterocycles. The molecule has 400 valence electrons. The van der Waals surface area contributed by atoms with Crippen molar-refractivity contribution in [1.29, 1.82) is 0 Å². The highest BCUT2D eigenvalue weighted by molar-refractivity contribution is 6.15. The first kappa shape index (κ1) is 60.5. The van der Waals surface area contributed by atoms with Crippen LogP contribution in [0.3, 0.4) is 0 Å². The summed E-state index contributed by atoms with van der Waals surface area (Å²) in [4.78, 5) is 122. The Bertz CT molecular complexity index is 1980. The Morgan fingerprint density at radius 2 is 1.56 bits per heavy atom. The van der Waals surface area contributed by atoms with E-state index in [1.54, 1.807) is 58.9 Å². The van der Waals surface area contributed by atoms with Crippen LogP contribution in [0.15, 0.2) is 24.3 Å². The standard InChI is InChI=1S/C52H84ClN7O11/c1-15-32(10)44-42(62)27-35(61)26-37(30(6)7)46(63)54-38(23-28(2)3)49(66)60-22-16-17-39(60)50(67)59(13)41(25-34-18-20-36(70-14)21-19-34)52(69)71-33(11)45(48(65)55-44)56-47(64)40(24-29(4)5)58(12)51(68)43(57-53)31(8)9/h18-21,28-33,37-45,57,62H,15-17,22-27H2,1-14H3,(H,54,63)(H,55,65)(H,56,64)/t32-,33+,37-,38-,39-,40?,41-,42-,43-,44+,45-/m0/s1. The second-order valence-electron chi connectivity index (χ2n) is 21.2. The quantitative estimate of drug-likeness (QED) is 0.116. The number of amides is 6. The van der Waals surface area contributed by atoms with Gasteiger partial charge in [0.25, 0.3) is 0 Å². The Balaban J connectivity index is 2.27. The number of carbonyl (C=O) groups is 8. The first-order valence-corrected chi connectivity index (χ1v) is 25.8. The molecule has 3 rings (SSSR count). The molecule has 0 aromatic heterocycles. The molecule has 1 aromatic rings. The minimum Gasteiger partial charge on any atom is -0.497 e. The Morgan fingerprint density at radius 3 is 2.10 bits per heavy atom. The number of cyclic esters (lactones) is 1. The van der Waals surface area contributed by atoms with Gasteiger partial charge >= 0.3 is 5.97 Å². The highest BCUT2D eigenvalue weighted by atomic mass is 35.5. The number of benzene rings is 1. The lowest BCUT2D eigenvalue weighted by molar-refractivity contribution is -0.162. The lowest BCUT2D eigenvalue weighted by Crippen LogP contribution is -2.62. The third-order valence-electron chi connectivity index (χ3n) is 14.0. The zero-order valence-electron chi connectivity index (χ0n) is 44.6. The molecular formula is C52H84ClN7O11. The van der Waals surface area contributed by atoms with Gasteiger partial charge in [0, 0.05) is 45.8 Å². The number of aliphatic hydroxyl groups is 1. The number of fused-ring (bicyclic) bond motifs is 1. The van der Waals surface area contributed by atoms with E-state index < -0.39 is 120 Å². The van der Waals surface area contributed by atoms with Gasteiger partial charge in [-0.25, -0.2) is 9.63 Å². The van der Waals surface area contributed by atoms with Crippen molar-refractivity contribution in [3.63, 3.8) is 0 Å². The monoisotopic (exact) mass is 1020 g/mol. The van der Waals surface area contributed by atoms with Crippen LogP contribution in [0.4, 0.5) is 0 Å². The molecule has 0 saturated carbocycles. The van der Waals surface area contributed by atoms with E-state index in [2.05, 4.69) is 20.8 Å². The highest BCUT2D eigenvalue weighted by Gasteiger charge is 2.44. The summed E-state index contributed by atoms with van der Waals surface area (Å²) >= 11 is 6.01. The zero-order valence-corrected chi connectivity index (χ0v) is 45.3. The molecule has 0 aliphatic carbocycles. The first-order valence-electron chi connectivity index (χ1n) is 25.4. The van der Waals surface area contributed by atoms with Crippen LogP contribution in [-0.2, 0) is 49.5 Å². The van der Waals surface area contributed by atoms with Gasteiger partial charge in [0.15, 0.2) is 0 Å². The SMILES string of the molecule is CC[C@H](C)[C@H]1NC(=O)[C@@H](NC(=O)C(CC(C)C)N(C)C(=O)[C@@H](NCl)C(C)C)[C@@H](C)OC(=O)[C@H](Cc2ccc(OC)cc2)N(C)C(=O)[C@@H]2CCCN2C(=O)[C@H](CC(C)C)NC(=O)[C@H](C(C)C)CC(=O)C[C@@H]1O. The molecule has 2 aliphatic heterocycles. The van der Waals surface area contributed by atoms with E-state index in [1.807, 2.05) is 34.6 Å². The second kappa shape index (κ2) is 27.9. The molecule has 11 atom stereocenters. The minimum absolute atomic E-state index is 0.0469.